The number of carbonyl (C=O) groups excluding carboxylic acids is 1. The summed E-state index contributed by atoms with van der Waals surface area (Å²) < 4.78 is 29.2. The van der Waals surface area contributed by atoms with E-state index >= 15 is 0 Å². The van der Waals surface area contributed by atoms with Gasteiger partial charge < -0.3 is 19.2 Å². The zero-order valence-electron chi connectivity index (χ0n) is 14.5. The summed E-state index contributed by atoms with van der Waals surface area (Å²) in [5, 5.41) is 3.70. The summed E-state index contributed by atoms with van der Waals surface area (Å²) in [7, 11) is 1.58. The first kappa shape index (κ1) is 17.9. The molecule has 0 aliphatic rings. The number of methoxy groups -OCH3 is 1. The smallest absolute Gasteiger partial charge is 0.287 e. The monoisotopic (exact) mass is 357 g/mol. The quantitative estimate of drug-likeness (QED) is 0.621. The molecule has 3 aromatic rings. The molecule has 0 fully saturated rings. The number of para-hydroxylation sites is 1. The average molecular weight is 357 g/mol. The predicted octanol–water partition coefficient (Wildman–Crippen LogP) is 3.92. The number of ether oxygens (including phenoxy) is 2. The first-order chi connectivity index (χ1) is 12.7. The average Bonchev–Trinajstić information content (AvgIpc) is 3.02. The molecule has 1 amide bonds. The molecule has 0 spiro atoms. The third-order valence-corrected chi connectivity index (χ3v) is 3.88. The molecule has 1 aromatic heterocycles. The Kier molecular flexibility index (Phi) is 5.86. The van der Waals surface area contributed by atoms with Gasteiger partial charge in [0.2, 0.25) is 0 Å². The van der Waals surface area contributed by atoms with Crippen molar-refractivity contribution in [1.82, 2.24) is 5.32 Å². The molecule has 1 N–H and O–H groups in total. The first-order valence-electron chi connectivity index (χ1n) is 8.35. The van der Waals surface area contributed by atoms with E-state index < -0.39 is 0 Å². The van der Waals surface area contributed by atoms with Gasteiger partial charge in [0, 0.05) is 24.6 Å². The van der Waals surface area contributed by atoms with E-state index in [0.717, 1.165) is 10.9 Å². The minimum atomic E-state index is -0.303. The van der Waals surface area contributed by atoms with Crippen molar-refractivity contribution in [2.75, 3.05) is 20.3 Å². The molecule has 0 saturated carbocycles. The molecule has 0 bridgehead atoms. The second-order valence-electron chi connectivity index (χ2n) is 5.75. The zero-order chi connectivity index (χ0) is 18.4. The number of hydrogen-bond acceptors (Lipinski definition) is 4. The van der Waals surface area contributed by atoms with Gasteiger partial charge in [-0.2, -0.15) is 0 Å². The van der Waals surface area contributed by atoms with Gasteiger partial charge >= 0.3 is 0 Å². The summed E-state index contributed by atoms with van der Waals surface area (Å²) in [6, 6.07) is 13.3. The van der Waals surface area contributed by atoms with Crippen molar-refractivity contribution >= 4 is 16.9 Å². The van der Waals surface area contributed by atoms with E-state index in [1.807, 2.05) is 24.3 Å². The molecule has 0 aliphatic heterocycles. The van der Waals surface area contributed by atoms with E-state index in [1.165, 1.54) is 12.1 Å². The van der Waals surface area contributed by atoms with Gasteiger partial charge in [0.05, 0.1) is 13.2 Å². The standard InChI is InChI=1S/C20H20FNO4/c1-24-13-17-16-5-2-3-6-18(16)26-19(17)20(23)22-11-4-12-25-15-9-7-14(21)8-10-15/h2-3,5-10H,4,11-13H2,1H3,(H,22,23). The molecule has 26 heavy (non-hydrogen) atoms. The number of amides is 1. The van der Waals surface area contributed by atoms with E-state index in [2.05, 4.69) is 5.32 Å². The normalized spacial score (nSPS) is 10.8. The molecule has 6 heteroatoms. The highest BCUT2D eigenvalue weighted by molar-refractivity contribution is 5.99. The van der Waals surface area contributed by atoms with Crippen LogP contribution in [-0.2, 0) is 11.3 Å². The second kappa shape index (κ2) is 8.49. The van der Waals surface area contributed by atoms with Gasteiger partial charge in [-0.05, 0) is 36.8 Å². The number of fused-ring (bicyclic) bond motifs is 1. The Balaban J connectivity index is 1.54. The van der Waals surface area contributed by atoms with E-state index in [-0.39, 0.29) is 17.5 Å². The van der Waals surface area contributed by atoms with Crippen molar-refractivity contribution in [3.8, 4) is 5.75 Å². The maximum absolute atomic E-state index is 12.8. The molecule has 2 aromatic carbocycles. The molecular weight excluding hydrogens is 337 g/mol. The Morgan fingerprint density at radius 2 is 1.92 bits per heavy atom. The number of halogens is 1. The molecule has 0 radical (unpaired) electrons. The molecule has 0 aliphatic carbocycles. The molecule has 0 unspecified atom stereocenters. The predicted molar refractivity (Wildman–Crippen MR) is 95.8 cm³/mol. The van der Waals surface area contributed by atoms with Crippen molar-refractivity contribution < 1.29 is 23.1 Å². The first-order valence-corrected chi connectivity index (χ1v) is 8.35. The van der Waals surface area contributed by atoms with Crippen molar-refractivity contribution in [2.45, 2.75) is 13.0 Å². The maximum atomic E-state index is 12.8. The largest absolute Gasteiger partial charge is 0.494 e. The third-order valence-electron chi connectivity index (χ3n) is 3.88. The van der Waals surface area contributed by atoms with E-state index in [0.29, 0.717) is 37.5 Å². The van der Waals surface area contributed by atoms with Gasteiger partial charge in [-0.25, -0.2) is 4.39 Å². The van der Waals surface area contributed by atoms with Crippen molar-refractivity contribution in [3.63, 3.8) is 0 Å². The summed E-state index contributed by atoms with van der Waals surface area (Å²) >= 11 is 0. The van der Waals surface area contributed by atoms with Crippen LogP contribution in [0.1, 0.15) is 22.5 Å². The van der Waals surface area contributed by atoms with Crippen LogP contribution in [0.5, 0.6) is 5.75 Å². The van der Waals surface area contributed by atoms with Crippen LogP contribution in [0.2, 0.25) is 0 Å². The van der Waals surface area contributed by atoms with E-state index in [9.17, 15) is 9.18 Å². The van der Waals surface area contributed by atoms with Crippen molar-refractivity contribution in [3.05, 3.63) is 65.7 Å². The van der Waals surface area contributed by atoms with Crippen molar-refractivity contribution in [2.24, 2.45) is 0 Å². The van der Waals surface area contributed by atoms with E-state index in [1.54, 1.807) is 19.2 Å². The van der Waals surface area contributed by atoms with Crippen LogP contribution in [0.3, 0.4) is 0 Å². The number of nitrogens with one attached hydrogen (secondary N) is 1. The Bertz CT molecular complexity index is 873. The number of carbonyl (C=O) groups is 1. The minimum Gasteiger partial charge on any atom is -0.494 e. The molecular formula is C20H20FNO4. The molecule has 1 heterocycles. The van der Waals surface area contributed by atoms with Gasteiger partial charge in [0.25, 0.3) is 5.91 Å². The highest BCUT2D eigenvalue weighted by Gasteiger charge is 2.19. The Hall–Kier alpha value is -2.86. The second-order valence-corrected chi connectivity index (χ2v) is 5.75. The lowest BCUT2D eigenvalue weighted by atomic mass is 10.1. The third kappa shape index (κ3) is 4.21. The highest BCUT2D eigenvalue weighted by Crippen LogP contribution is 2.26. The van der Waals surface area contributed by atoms with Gasteiger partial charge in [-0.15, -0.1) is 0 Å². The lowest BCUT2D eigenvalue weighted by Gasteiger charge is -2.07. The minimum absolute atomic E-state index is 0.271. The van der Waals surface area contributed by atoms with Crippen LogP contribution in [0, 0.1) is 5.82 Å². The van der Waals surface area contributed by atoms with E-state index in [4.69, 9.17) is 13.9 Å². The number of rotatable bonds is 8. The van der Waals surface area contributed by atoms with Gasteiger partial charge in [0.1, 0.15) is 17.1 Å². The molecule has 5 nitrogen and oxygen atoms in total. The van der Waals surface area contributed by atoms with Crippen LogP contribution in [0.15, 0.2) is 52.9 Å². The van der Waals surface area contributed by atoms with Crippen LogP contribution in [-0.4, -0.2) is 26.2 Å². The number of hydrogen-bond donors (Lipinski definition) is 1. The fraction of sp³-hybridized carbons (Fsp3) is 0.250. The Morgan fingerprint density at radius 3 is 2.69 bits per heavy atom. The Morgan fingerprint density at radius 1 is 1.15 bits per heavy atom. The van der Waals surface area contributed by atoms with Gasteiger partial charge in [-0.3, -0.25) is 4.79 Å². The lowest BCUT2D eigenvalue weighted by Crippen LogP contribution is -2.26. The SMILES string of the molecule is COCc1c(C(=O)NCCCOc2ccc(F)cc2)oc2ccccc12. The summed E-state index contributed by atoms with van der Waals surface area (Å²) in [6.07, 6.45) is 0.614. The number of furan rings is 1. The molecule has 3 rings (SSSR count). The Labute approximate surface area is 150 Å². The van der Waals surface area contributed by atoms with Crippen LogP contribution < -0.4 is 10.1 Å². The summed E-state index contributed by atoms with van der Waals surface area (Å²) in [5.74, 6) is 0.280. The number of benzene rings is 2. The van der Waals surface area contributed by atoms with Gasteiger partial charge in [-0.1, -0.05) is 18.2 Å². The van der Waals surface area contributed by atoms with Crippen LogP contribution in [0.4, 0.5) is 4.39 Å². The highest BCUT2D eigenvalue weighted by atomic mass is 19.1. The summed E-state index contributed by atoms with van der Waals surface area (Å²) in [6.45, 7) is 1.15. The fourth-order valence-electron chi connectivity index (χ4n) is 2.65. The molecule has 136 valence electrons. The topological polar surface area (TPSA) is 60.7 Å². The lowest BCUT2D eigenvalue weighted by molar-refractivity contribution is 0.0919. The fourth-order valence-corrected chi connectivity index (χ4v) is 2.65. The van der Waals surface area contributed by atoms with Crippen molar-refractivity contribution in [1.29, 1.82) is 0 Å². The maximum Gasteiger partial charge on any atom is 0.287 e. The summed E-state index contributed by atoms with van der Waals surface area (Å²) in [5.41, 5.74) is 1.40. The summed E-state index contributed by atoms with van der Waals surface area (Å²) in [4.78, 5) is 12.4. The zero-order valence-corrected chi connectivity index (χ0v) is 14.5. The molecule has 0 atom stereocenters. The molecule has 0 saturated heterocycles. The van der Waals surface area contributed by atoms with Crippen LogP contribution >= 0.6 is 0 Å². The van der Waals surface area contributed by atoms with Gasteiger partial charge in [0.15, 0.2) is 5.76 Å². The van der Waals surface area contributed by atoms with Crippen LogP contribution in [0.25, 0.3) is 11.0 Å².